The van der Waals surface area contributed by atoms with E-state index in [0.29, 0.717) is 29.5 Å². The van der Waals surface area contributed by atoms with Gasteiger partial charge in [0.15, 0.2) is 5.75 Å². The minimum Gasteiger partial charge on any atom is -0.481 e. The zero-order valence-electron chi connectivity index (χ0n) is 20.6. The minimum atomic E-state index is -4.71. The third-order valence-electron chi connectivity index (χ3n) is 5.75. The molecule has 0 saturated carbocycles. The third kappa shape index (κ3) is 6.42. The summed E-state index contributed by atoms with van der Waals surface area (Å²) in [6.07, 6.45) is -3.60. The lowest BCUT2D eigenvalue weighted by Crippen LogP contribution is -2.22. The van der Waals surface area contributed by atoms with Gasteiger partial charge in [0.25, 0.3) is 5.56 Å². The van der Waals surface area contributed by atoms with Crippen LogP contribution >= 0.6 is 0 Å². The molecule has 0 unspecified atom stereocenters. The predicted octanol–water partition coefficient (Wildman–Crippen LogP) is 7.07. The number of pyridine rings is 1. The molecule has 38 heavy (non-hydrogen) atoms. The molecule has 0 bridgehead atoms. The summed E-state index contributed by atoms with van der Waals surface area (Å²) < 4.78 is 53.5. The van der Waals surface area contributed by atoms with Crippen molar-refractivity contribution in [2.45, 2.75) is 32.9 Å². The van der Waals surface area contributed by atoms with Crippen molar-refractivity contribution in [3.05, 3.63) is 112 Å². The lowest BCUT2D eigenvalue weighted by atomic mass is 10.0. The second kappa shape index (κ2) is 10.8. The molecule has 3 aromatic carbocycles. The molecule has 1 N–H and O–H groups in total. The largest absolute Gasteiger partial charge is 0.481 e. The van der Waals surface area contributed by atoms with E-state index < -0.39 is 29.0 Å². The highest BCUT2D eigenvalue weighted by Crippen LogP contribution is 2.33. The lowest BCUT2D eigenvalue weighted by molar-refractivity contribution is -0.138. The fraction of sp³-hybridized carbons (Fsp3) is 0.172. The van der Waals surface area contributed by atoms with E-state index in [1.807, 2.05) is 6.92 Å². The number of halogens is 3. The summed E-state index contributed by atoms with van der Waals surface area (Å²) in [7, 11) is 0. The molecule has 1 aromatic heterocycles. The van der Waals surface area contributed by atoms with E-state index in [-0.39, 0.29) is 17.9 Å². The average Bonchev–Trinajstić information content (AvgIpc) is 2.84. The van der Waals surface area contributed by atoms with Gasteiger partial charge in [-0.15, -0.1) is 0 Å². The zero-order chi connectivity index (χ0) is 27.4. The maximum Gasteiger partial charge on any atom is 0.417 e. The number of benzene rings is 3. The summed E-state index contributed by atoms with van der Waals surface area (Å²) in [4.78, 5) is 24.1. The van der Waals surface area contributed by atoms with Crippen molar-refractivity contribution in [2.24, 2.45) is 0 Å². The molecular formula is C29H24F3NO5. The van der Waals surface area contributed by atoms with Crippen LogP contribution < -0.4 is 15.0 Å². The molecule has 0 atom stereocenters. The van der Waals surface area contributed by atoms with Crippen LogP contribution in [-0.2, 0) is 17.4 Å². The van der Waals surface area contributed by atoms with Crippen molar-refractivity contribution in [2.75, 3.05) is 0 Å². The van der Waals surface area contributed by atoms with Crippen molar-refractivity contribution >= 4 is 5.97 Å². The van der Waals surface area contributed by atoms with Crippen molar-refractivity contribution in [1.82, 2.24) is 4.57 Å². The Kier molecular flexibility index (Phi) is 7.57. The summed E-state index contributed by atoms with van der Waals surface area (Å²) in [5.41, 5.74) is 0.724. The van der Waals surface area contributed by atoms with E-state index in [9.17, 15) is 22.8 Å². The van der Waals surface area contributed by atoms with Crippen molar-refractivity contribution in [1.29, 1.82) is 0 Å². The first-order valence-corrected chi connectivity index (χ1v) is 11.7. The number of aliphatic carboxylic acids is 1. The van der Waals surface area contributed by atoms with Crippen molar-refractivity contribution in [3.8, 4) is 28.7 Å². The minimum absolute atomic E-state index is 0.00397. The van der Waals surface area contributed by atoms with Gasteiger partial charge < -0.3 is 14.6 Å². The van der Waals surface area contributed by atoms with E-state index in [0.717, 1.165) is 21.9 Å². The molecule has 6 nitrogen and oxygen atoms in total. The highest BCUT2D eigenvalue weighted by Gasteiger charge is 2.33. The number of para-hydroxylation sites is 1. The van der Waals surface area contributed by atoms with Crippen molar-refractivity contribution in [3.63, 3.8) is 0 Å². The fourth-order valence-electron chi connectivity index (χ4n) is 3.91. The molecule has 9 heteroatoms. The van der Waals surface area contributed by atoms with Gasteiger partial charge in [0.2, 0.25) is 0 Å². The summed E-state index contributed by atoms with van der Waals surface area (Å²) >= 11 is 0. The van der Waals surface area contributed by atoms with Crippen LogP contribution in [0.4, 0.5) is 13.2 Å². The standard InChI is InChI=1S/C29H24F3NO5/c1-18-12-22(16-25(13-18)37-24-10-8-20(19(2)14-24)9-11-27(34)35)33-17-21(29(30,31)32)15-26(28(33)36)38-23-6-4-3-5-7-23/h3-8,10,12-17H,9,11H2,1-2H3,(H,34,35). The number of nitrogens with zero attached hydrogens (tertiary/aromatic N) is 1. The predicted molar refractivity (Wildman–Crippen MR) is 136 cm³/mol. The third-order valence-corrected chi connectivity index (χ3v) is 5.75. The van der Waals surface area contributed by atoms with Crippen LogP contribution in [0.5, 0.6) is 23.0 Å². The van der Waals surface area contributed by atoms with Gasteiger partial charge in [-0.25, -0.2) is 0 Å². The summed E-state index contributed by atoms with van der Waals surface area (Å²) in [6, 6.07) is 18.7. The van der Waals surface area contributed by atoms with E-state index in [4.69, 9.17) is 14.6 Å². The number of carboxylic acids is 1. The monoisotopic (exact) mass is 523 g/mol. The molecule has 0 radical (unpaired) electrons. The molecular weight excluding hydrogens is 499 g/mol. The molecule has 0 aliphatic rings. The summed E-state index contributed by atoms with van der Waals surface area (Å²) in [5, 5.41) is 8.91. The molecule has 0 amide bonds. The Labute approximate surface area is 216 Å². The number of alkyl halides is 3. The molecule has 0 spiro atoms. The first kappa shape index (κ1) is 26.5. The topological polar surface area (TPSA) is 77.8 Å². The van der Waals surface area contributed by atoms with Gasteiger partial charge in [-0.05, 0) is 73.4 Å². The van der Waals surface area contributed by atoms with Crippen LogP contribution in [0.1, 0.15) is 28.7 Å². The quantitative estimate of drug-likeness (QED) is 0.267. The number of hydrogen-bond donors (Lipinski definition) is 1. The van der Waals surface area contributed by atoms with Crippen LogP contribution in [-0.4, -0.2) is 15.6 Å². The van der Waals surface area contributed by atoms with E-state index in [1.54, 1.807) is 55.5 Å². The van der Waals surface area contributed by atoms with Gasteiger partial charge in [-0.3, -0.25) is 14.2 Å². The van der Waals surface area contributed by atoms with E-state index >= 15 is 0 Å². The Hall–Kier alpha value is -4.53. The van der Waals surface area contributed by atoms with Gasteiger partial charge in [-0.1, -0.05) is 24.3 Å². The van der Waals surface area contributed by atoms with Crippen LogP contribution in [0.15, 0.2) is 83.8 Å². The first-order chi connectivity index (χ1) is 18.0. The Morgan fingerprint density at radius 1 is 0.895 bits per heavy atom. The highest BCUT2D eigenvalue weighted by atomic mass is 19.4. The maximum absolute atomic E-state index is 13.7. The second-order valence-corrected chi connectivity index (χ2v) is 8.77. The number of ether oxygens (including phenoxy) is 2. The fourth-order valence-corrected chi connectivity index (χ4v) is 3.91. The number of carbonyl (C=O) groups is 1. The molecule has 0 fully saturated rings. The number of aromatic nitrogens is 1. The van der Waals surface area contributed by atoms with E-state index in [2.05, 4.69) is 0 Å². The van der Waals surface area contributed by atoms with E-state index in [1.165, 1.54) is 18.2 Å². The number of carboxylic acid groups (broad SMARTS) is 1. The molecule has 4 rings (SSSR count). The van der Waals surface area contributed by atoms with Gasteiger partial charge in [-0.2, -0.15) is 13.2 Å². The number of rotatable bonds is 8. The smallest absolute Gasteiger partial charge is 0.417 e. The Bertz CT molecular complexity index is 1530. The van der Waals surface area contributed by atoms with Crippen LogP contribution in [0, 0.1) is 13.8 Å². The maximum atomic E-state index is 13.7. The van der Waals surface area contributed by atoms with Gasteiger partial charge in [0.1, 0.15) is 17.2 Å². The van der Waals surface area contributed by atoms with Crippen LogP contribution in [0.2, 0.25) is 0 Å². The number of hydrogen-bond acceptors (Lipinski definition) is 4. The summed E-state index contributed by atoms with van der Waals surface area (Å²) in [6.45, 7) is 3.57. The Morgan fingerprint density at radius 3 is 2.29 bits per heavy atom. The van der Waals surface area contributed by atoms with Gasteiger partial charge >= 0.3 is 12.1 Å². The zero-order valence-corrected chi connectivity index (χ0v) is 20.6. The second-order valence-electron chi connectivity index (χ2n) is 8.77. The van der Waals surface area contributed by atoms with Gasteiger partial charge in [0, 0.05) is 24.8 Å². The SMILES string of the molecule is Cc1cc(Oc2ccc(CCC(=O)O)c(C)c2)cc(-n2cc(C(F)(F)F)cc(Oc3ccccc3)c2=O)c1. The summed E-state index contributed by atoms with van der Waals surface area (Å²) in [5.74, 6) is -0.359. The molecule has 4 aromatic rings. The average molecular weight is 524 g/mol. The molecule has 0 aliphatic heterocycles. The van der Waals surface area contributed by atoms with Gasteiger partial charge in [0.05, 0.1) is 11.3 Å². The Morgan fingerprint density at radius 2 is 1.63 bits per heavy atom. The molecule has 0 aliphatic carbocycles. The van der Waals surface area contributed by atoms with Crippen LogP contribution in [0.3, 0.4) is 0 Å². The molecule has 0 saturated heterocycles. The Balaban J connectivity index is 1.71. The first-order valence-electron chi connectivity index (χ1n) is 11.7. The normalized spacial score (nSPS) is 11.3. The highest BCUT2D eigenvalue weighted by molar-refractivity contribution is 5.67. The molecule has 1 heterocycles. The number of aryl methyl sites for hydroxylation is 3. The lowest BCUT2D eigenvalue weighted by Gasteiger charge is -2.16. The van der Waals surface area contributed by atoms with Crippen molar-refractivity contribution < 1.29 is 32.5 Å². The molecule has 196 valence electrons. The van der Waals surface area contributed by atoms with Crippen LogP contribution in [0.25, 0.3) is 5.69 Å².